The van der Waals surface area contributed by atoms with Crippen molar-refractivity contribution in [2.75, 3.05) is 5.73 Å². The van der Waals surface area contributed by atoms with Crippen LogP contribution in [0.5, 0.6) is 0 Å². The van der Waals surface area contributed by atoms with E-state index in [1.165, 1.54) is 5.56 Å². The molecule has 20 heavy (non-hydrogen) atoms. The minimum atomic E-state index is 0.00570. The van der Waals surface area contributed by atoms with Gasteiger partial charge in [-0.15, -0.1) is 0 Å². The molecule has 2 aromatic rings. The molecule has 0 spiro atoms. The van der Waals surface area contributed by atoms with Gasteiger partial charge in [-0.2, -0.15) is 0 Å². The van der Waals surface area contributed by atoms with E-state index in [1.54, 1.807) is 18.2 Å². The molecule has 0 atom stereocenters. The van der Waals surface area contributed by atoms with Gasteiger partial charge in [0, 0.05) is 21.3 Å². The normalized spacial score (nSPS) is 11.4. The molecule has 2 nitrogen and oxygen atoms in total. The molecule has 2 N–H and O–H groups in total. The van der Waals surface area contributed by atoms with Crippen molar-refractivity contribution >= 4 is 27.4 Å². The van der Waals surface area contributed by atoms with E-state index in [1.807, 2.05) is 24.3 Å². The van der Waals surface area contributed by atoms with Crippen LogP contribution in [0.15, 0.2) is 46.9 Å². The number of benzene rings is 2. The lowest BCUT2D eigenvalue weighted by molar-refractivity contribution is 0.103. The summed E-state index contributed by atoms with van der Waals surface area (Å²) in [6.45, 7) is 6.46. The highest BCUT2D eigenvalue weighted by Gasteiger charge is 2.15. The number of rotatable bonds is 2. The minimum Gasteiger partial charge on any atom is -0.398 e. The van der Waals surface area contributed by atoms with Gasteiger partial charge >= 0.3 is 0 Å². The summed E-state index contributed by atoms with van der Waals surface area (Å²) in [6, 6.07) is 13.0. The van der Waals surface area contributed by atoms with Crippen LogP contribution in [0.3, 0.4) is 0 Å². The van der Waals surface area contributed by atoms with Crippen molar-refractivity contribution in [1.29, 1.82) is 0 Å². The molecular formula is C17H18BrNO. The van der Waals surface area contributed by atoms with Gasteiger partial charge in [0.05, 0.1) is 0 Å². The number of ketones is 1. The third-order valence-corrected chi connectivity index (χ3v) is 3.96. The fraction of sp³-hybridized carbons (Fsp3) is 0.235. The predicted octanol–water partition coefficient (Wildman–Crippen LogP) is 4.56. The number of carbonyl (C=O) groups is 1. The molecule has 0 amide bonds. The Labute approximate surface area is 128 Å². The van der Waals surface area contributed by atoms with Crippen molar-refractivity contribution in [1.82, 2.24) is 0 Å². The Kier molecular flexibility index (Phi) is 4.00. The molecule has 0 aliphatic rings. The zero-order chi connectivity index (χ0) is 14.9. The van der Waals surface area contributed by atoms with Crippen LogP contribution in [0.2, 0.25) is 0 Å². The van der Waals surface area contributed by atoms with E-state index in [0.717, 1.165) is 4.47 Å². The van der Waals surface area contributed by atoms with E-state index in [2.05, 4.69) is 36.7 Å². The first-order valence-corrected chi connectivity index (χ1v) is 7.28. The van der Waals surface area contributed by atoms with Crippen molar-refractivity contribution in [3.05, 3.63) is 63.6 Å². The summed E-state index contributed by atoms with van der Waals surface area (Å²) in [7, 11) is 0. The summed E-state index contributed by atoms with van der Waals surface area (Å²) in [4.78, 5) is 12.4. The monoisotopic (exact) mass is 331 g/mol. The number of hydrogen-bond donors (Lipinski definition) is 1. The van der Waals surface area contributed by atoms with Gasteiger partial charge in [0.2, 0.25) is 0 Å². The summed E-state index contributed by atoms with van der Waals surface area (Å²) in [5.74, 6) is 0.00570. The third kappa shape index (κ3) is 3.10. The van der Waals surface area contributed by atoms with Crippen LogP contribution in [0, 0.1) is 0 Å². The molecule has 0 saturated carbocycles. The van der Waals surface area contributed by atoms with Crippen molar-refractivity contribution in [2.24, 2.45) is 0 Å². The zero-order valence-corrected chi connectivity index (χ0v) is 13.5. The van der Waals surface area contributed by atoms with Gasteiger partial charge in [0.1, 0.15) is 0 Å². The molecule has 2 aromatic carbocycles. The van der Waals surface area contributed by atoms with Gasteiger partial charge < -0.3 is 5.73 Å². The number of nitrogens with two attached hydrogens (primary N) is 1. The molecule has 3 heteroatoms. The van der Waals surface area contributed by atoms with E-state index in [9.17, 15) is 4.79 Å². The molecule has 2 rings (SSSR count). The lowest BCUT2D eigenvalue weighted by Gasteiger charge is -2.19. The minimum absolute atomic E-state index is 0.00570. The maximum absolute atomic E-state index is 12.4. The van der Waals surface area contributed by atoms with Crippen LogP contribution in [-0.2, 0) is 5.41 Å². The van der Waals surface area contributed by atoms with Gasteiger partial charge in [-0.1, -0.05) is 45.0 Å². The van der Waals surface area contributed by atoms with Crippen LogP contribution in [0.4, 0.5) is 5.69 Å². The van der Waals surface area contributed by atoms with Crippen LogP contribution in [0.1, 0.15) is 42.3 Å². The van der Waals surface area contributed by atoms with E-state index in [0.29, 0.717) is 16.8 Å². The summed E-state index contributed by atoms with van der Waals surface area (Å²) >= 11 is 3.35. The Morgan fingerprint density at radius 1 is 1.00 bits per heavy atom. The highest BCUT2D eigenvalue weighted by molar-refractivity contribution is 9.10. The van der Waals surface area contributed by atoms with Crippen molar-refractivity contribution < 1.29 is 4.79 Å². The van der Waals surface area contributed by atoms with Crippen LogP contribution >= 0.6 is 15.9 Å². The molecule has 0 unspecified atom stereocenters. The number of nitrogen functional groups attached to an aromatic ring is 1. The van der Waals surface area contributed by atoms with Gasteiger partial charge in [0.15, 0.2) is 5.78 Å². The van der Waals surface area contributed by atoms with Gasteiger partial charge in [0.25, 0.3) is 0 Å². The molecule has 0 aliphatic heterocycles. The molecule has 0 aromatic heterocycles. The Morgan fingerprint density at radius 2 is 1.55 bits per heavy atom. The summed E-state index contributed by atoms with van der Waals surface area (Å²) in [5.41, 5.74) is 8.99. The van der Waals surface area contributed by atoms with Gasteiger partial charge in [-0.05, 0) is 45.1 Å². The Bertz CT molecular complexity index is 639. The average molecular weight is 332 g/mol. The first-order chi connectivity index (χ1) is 9.29. The Balaban J connectivity index is 2.31. The van der Waals surface area contributed by atoms with Crippen LogP contribution in [0.25, 0.3) is 0 Å². The van der Waals surface area contributed by atoms with Crippen LogP contribution in [-0.4, -0.2) is 5.78 Å². The average Bonchev–Trinajstić information content (AvgIpc) is 2.40. The molecule has 0 fully saturated rings. The van der Waals surface area contributed by atoms with E-state index < -0.39 is 0 Å². The van der Waals surface area contributed by atoms with Gasteiger partial charge in [-0.3, -0.25) is 4.79 Å². The molecule has 0 saturated heterocycles. The Hall–Kier alpha value is -1.61. The maximum Gasteiger partial charge on any atom is 0.193 e. The first kappa shape index (κ1) is 14.8. The summed E-state index contributed by atoms with van der Waals surface area (Å²) < 4.78 is 0.745. The molecule has 0 aliphatic carbocycles. The topological polar surface area (TPSA) is 43.1 Å². The van der Waals surface area contributed by atoms with E-state index >= 15 is 0 Å². The number of anilines is 1. The summed E-state index contributed by atoms with van der Waals surface area (Å²) in [5, 5.41) is 0. The van der Waals surface area contributed by atoms with Crippen molar-refractivity contribution in [3.8, 4) is 0 Å². The number of halogens is 1. The lowest BCUT2D eigenvalue weighted by Crippen LogP contribution is -2.11. The first-order valence-electron chi connectivity index (χ1n) is 6.49. The molecule has 0 heterocycles. The standard InChI is InChI=1S/C17H18BrNO/c1-17(2,3)13-7-4-11(5-8-13)16(20)12-6-9-15(19)14(18)10-12/h4-10H,19H2,1-3H3. The second kappa shape index (κ2) is 5.41. The number of carbonyl (C=O) groups excluding carboxylic acids is 1. The van der Waals surface area contributed by atoms with E-state index in [4.69, 9.17) is 5.73 Å². The highest BCUT2D eigenvalue weighted by atomic mass is 79.9. The quantitative estimate of drug-likeness (QED) is 0.647. The van der Waals surface area contributed by atoms with Crippen molar-refractivity contribution in [2.45, 2.75) is 26.2 Å². The third-order valence-electron chi connectivity index (χ3n) is 3.28. The van der Waals surface area contributed by atoms with Crippen LogP contribution < -0.4 is 5.73 Å². The largest absolute Gasteiger partial charge is 0.398 e. The smallest absolute Gasteiger partial charge is 0.193 e. The molecule has 104 valence electrons. The molecule has 0 radical (unpaired) electrons. The second-order valence-corrected chi connectivity index (χ2v) is 6.75. The summed E-state index contributed by atoms with van der Waals surface area (Å²) in [6.07, 6.45) is 0. The van der Waals surface area contributed by atoms with Crippen molar-refractivity contribution in [3.63, 3.8) is 0 Å². The fourth-order valence-electron chi connectivity index (χ4n) is 1.96. The fourth-order valence-corrected chi connectivity index (χ4v) is 2.34. The molecular weight excluding hydrogens is 314 g/mol. The van der Waals surface area contributed by atoms with E-state index in [-0.39, 0.29) is 11.2 Å². The highest BCUT2D eigenvalue weighted by Crippen LogP contribution is 2.24. The predicted molar refractivity (Wildman–Crippen MR) is 87.1 cm³/mol. The second-order valence-electron chi connectivity index (χ2n) is 5.89. The Morgan fingerprint density at radius 3 is 2.05 bits per heavy atom. The zero-order valence-electron chi connectivity index (χ0n) is 11.9. The van der Waals surface area contributed by atoms with Gasteiger partial charge in [-0.25, -0.2) is 0 Å². The molecule has 0 bridgehead atoms. The maximum atomic E-state index is 12.4. The number of hydrogen-bond acceptors (Lipinski definition) is 2. The SMILES string of the molecule is CC(C)(C)c1ccc(C(=O)c2ccc(N)c(Br)c2)cc1. The lowest BCUT2D eigenvalue weighted by atomic mass is 9.86.